The molecule has 2 heterocycles. The van der Waals surface area contributed by atoms with E-state index in [0.717, 1.165) is 18.4 Å². The first-order valence-corrected chi connectivity index (χ1v) is 5.92. The number of hydrogen-bond acceptors (Lipinski definition) is 5. The number of anilines is 1. The Bertz CT molecular complexity index is 646. The number of halogens is 1. The molecule has 3 rings (SSSR count). The van der Waals surface area contributed by atoms with Crippen LogP contribution < -0.4 is 5.73 Å². The highest BCUT2D eigenvalue weighted by atomic mass is 35.5. The summed E-state index contributed by atoms with van der Waals surface area (Å²) in [6.07, 6.45) is 3.46. The predicted octanol–water partition coefficient (Wildman–Crippen LogP) is 1.10. The van der Waals surface area contributed by atoms with Gasteiger partial charge in [-0.3, -0.25) is 0 Å². The zero-order valence-corrected chi connectivity index (χ0v) is 10.4. The lowest BCUT2D eigenvalue weighted by Crippen LogP contribution is -2.21. The molecule has 0 aliphatic heterocycles. The van der Waals surface area contributed by atoms with Crippen LogP contribution in [0.15, 0.2) is 18.5 Å². The second-order valence-electron chi connectivity index (χ2n) is 4.45. The van der Waals surface area contributed by atoms with Crippen LogP contribution in [0, 0.1) is 0 Å². The van der Waals surface area contributed by atoms with Crippen LogP contribution in [0.4, 0.5) is 5.95 Å². The Morgan fingerprint density at radius 3 is 2.89 bits per heavy atom. The molecule has 1 saturated carbocycles. The smallest absolute Gasteiger partial charge is 0.223 e. The largest absolute Gasteiger partial charge is 0.392 e. The van der Waals surface area contributed by atoms with Crippen LogP contribution in [0.25, 0.3) is 11.2 Å². The number of nitrogens with two attached hydrogens (primary N) is 1. The Balaban J connectivity index is 2.22. The lowest BCUT2D eigenvalue weighted by Gasteiger charge is -2.19. The first-order valence-electron chi connectivity index (χ1n) is 5.54. The van der Waals surface area contributed by atoms with E-state index >= 15 is 0 Å². The third-order valence-corrected chi connectivity index (χ3v) is 3.67. The fourth-order valence-corrected chi connectivity index (χ4v) is 2.44. The molecule has 1 fully saturated rings. The van der Waals surface area contributed by atoms with Gasteiger partial charge in [0.05, 0.1) is 18.5 Å². The molecule has 0 unspecified atom stereocenters. The zero-order chi connectivity index (χ0) is 12.9. The monoisotopic (exact) mass is 265 g/mol. The van der Waals surface area contributed by atoms with Crippen LogP contribution in [-0.4, -0.2) is 31.2 Å². The molecule has 1 aliphatic carbocycles. The molecule has 0 bridgehead atoms. The van der Waals surface area contributed by atoms with E-state index in [-0.39, 0.29) is 23.2 Å². The maximum absolute atomic E-state index is 9.27. The van der Waals surface area contributed by atoms with E-state index in [1.807, 2.05) is 4.57 Å². The molecular formula is C11H12ClN5O. The number of nitrogens with zero attached hydrogens (tertiary/aromatic N) is 4. The van der Waals surface area contributed by atoms with Crippen molar-refractivity contribution in [1.29, 1.82) is 0 Å². The van der Waals surface area contributed by atoms with E-state index < -0.39 is 0 Å². The van der Waals surface area contributed by atoms with Crippen molar-refractivity contribution in [3.8, 4) is 0 Å². The van der Waals surface area contributed by atoms with Gasteiger partial charge in [0.2, 0.25) is 5.95 Å². The summed E-state index contributed by atoms with van der Waals surface area (Å²) < 4.78 is 1.88. The number of nitrogen functional groups attached to an aromatic ring is 1. The molecule has 2 aromatic rings. The van der Waals surface area contributed by atoms with Gasteiger partial charge in [0, 0.05) is 0 Å². The zero-order valence-electron chi connectivity index (χ0n) is 9.60. The van der Waals surface area contributed by atoms with Gasteiger partial charge in [-0.25, -0.2) is 4.98 Å². The summed E-state index contributed by atoms with van der Waals surface area (Å²) in [5.41, 5.74) is 7.15. The van der Waals surface area contributed by atoms with Gasteiger partial charge in [-0.2, -0.15) is 9.97 Å². The molecule has 0 saturated heterocycles. The number of aromatic nitrogens is 4. The lowest BCUT2D eigenvalue weighted by molar-refractivity contribution is 0.310. The van der Waals surface area contributed by atoms with Crippen molar-refractivity contribution in [1.82, 2.24) is 19.5 Å². The maximum atomic E-state index is 9.27. The van der Waals surface area contributed by atoms with Crippen molar-refractivity contribution in [3.05, 3.63) is 23.6 Å². The molecule has 0 spiro atoms. The Morgan fingerprint density at radius 1 is 1.56 bits per heavy atom. The second kappa shape index (κ2) is 3.66. The van der Waals surface area contributed by atoms with Gasteiger partial charge in [0.25, 0.3) is 0 Å². The van der Waals surface area contributed by atoms with Gasteiger partial charge < -0.3 is 15.4 Å². The summed E-state index contributed by atoms with van der Waals surface area (Å²) in [6, 6.07) is 0. The number of hydrogen-bond donors (Lipinski definition) is 2. The van der Waals surface area contributed by atoms with Crippen LogP contribution in [0.2, 0.25) is 5.15 Å². The Morgan fingerprint density at radius 2 is 2.28 bits per heavy atom. The minimum absolute atomic E-state index is 0.0615. The molecule has 7 heteroatoms. The van der Waals surface area contributed by atoms with Crippen LogP contribution >= 0.6 is 11.6 Å². The summed E-state index contributed by atoms with van der Waals surface area (Å²) in [7, 11) is 0. The molecule has 2 aromatic heterocycles. The fraction of sp³-hybridized carbons (Fsp3) is 0.364. The molecule has 6 nitrogen and oxygen atoms in total. The van der Waals surface area contributed by atoms with Crippen molar-refractivity contribution < 1.29 is 5.11 Å². The predicted molar refractivity (Wildman–Crippen MR) is 68.2 cm³/mol. The Kier molecular flexibility index (Phi) is 2.33. The van der Waals surface area contributed by atoms with Gasteiger partial charge in [0.1, 0.15) is 5.52 Å². The third kappa shape index (κ3) is 1.42. The standard InChI is InChI=1S/C11H12ClN5O/c1-6(4-18)11(2-3-11)17-5-14-7-8(12)15-10(13)16-9(7)17/h5,18H,1-4H2,(H2,13,15,16). The summed E-state index contributed by atoms with van der Waals surface area (Å²) in [5.74, 6) is 0.111. The Hall–Kier alpha value is -1.66. The van der Waals surface area contributed by atoms with Crippen molar-refractivity contribution in [2.24, 2.45) is 0 Å². The van der Waals surface area contributed by atoms with E-state index in [9.17, 15) is 5.11 Å². The molecule has 0 radical (unpaired) electrons. The molecule has 0 atom stereocenters. The van der Waals surface area contributed by atoms with Crippen molar-refractivity contribution in [2.45, 2.75) is 18.4 Å². The molecule has 18 heavy (non-hydrogen) atoms. The first kappa shape index (κ1) is 11.4. The average molecular weight is 266 g/mol. The molecule has 0 amide bonds. The number of rotatable bonds is 3. The SMILES string of the molecule is C=C(CO)C1(n2cnc3c(Cl)nc(N)nc32)CC1. The van der Waals surface area contributed by atoms with Crippen LogP contribution in [0.3, 0.4) is 0 Å². The van der Waals surface area contributed by atoms with E-state index in [1.54, 1.807) is 6.33 Å². The van der Waals surface area contributed by atoms with Gasteiger partial charge in [-0.15, -0.1) is 0 Å². The molecule has 0 aromatic carbocycles. The van der Waals surface area contributed by atoms with E-state index in [4.69, 9.17) is 17.3 Å². The van der Waals surface area contributed by atoms with Gasteiger partial charge in [0.15, 0.2) is 10.8 Å². The van der Waals surface area contributed by atoms with E-state index in [0.29, 0.717) is 11.2 Å². The summed E-state index contributed by atoms with van der Waals surface area (Å²) >= 11 is 5.98. The number of fused-ring (bicyclic) bond motifs is 1. The van der Waals surface area contributed by atoms with E-state index in [2.05, 4.69) is 21.5 Å². The average Bonchev–Trinajstić information content (AvgIpc) is 3.03. The summed E-state index contributed by atoms with van der Waals surface area (Å²) in [4.78, 5) is 12.3. The Labute approximate surface area is 108 Å². The highest BCUT2D eigenvalue weighted by molar-refractivity contribution is 6.33. The van der Waals surface area contributed by atoms with Crippen LogP contribution in [0.1, 0.15) is 12.8 Å². The third-order valence-electron chi connectivity index (χ3n) is 3.40. The number of imidazole rings is 1. The van der Waals surface area contributed by atoms with Crippen molar-refractivity contribution in [3.63, 3.8) is 0 Å². The van der Waals surface area contributed by atoms with Crippen LogP contribution in [-0.2, 0) is 5.54 Å². The second-order valence-corrected chi connectivity index (χ2v) is 4.81. The first-order chi connectivity index (χ1) is 8.58. The highest BCUT2D eigenvalue weighted by Gasteiger charge is 2.47. The van der Waals surface area contributed by atoms with Gasteiger partial charge >= 0.3 is 0 Å². The summed E-state index contributed by atoms with van der Waals surface area (Å²) in [5, 5.41) is 9.51. The minimum atomic E-state index is -0.298. The van der Waals surface area contributed by atoms with Crippen LogP contribution in [0.5, 0.6) is 0 Å². The number of aliphatic hydroxyl groups is 1. The van der Waals surface area contributed by atoms with E-state index in [1.165, 1.54) is 0 Å². The quantitative estimate of drug-likeness (QED) is 0.641. The topological polar surface area (TPSA) is 89.8 Å². The summed E-state index contributed by atoms with van der Waals surface area (Å²) in [6.45, 7) is 3.85. The fourth-order valence-electron chi connectivity index (χ4n) is 2.22. The maximum Gasteiger partial charge on any atom is 0.223 e. The van der Waals surface area contributed by atoms with Crippen molar-refractivity contribution >= 4 is 28.7 Å². The molecule has 94 valence electrons. The normalized spacial score (nSPS) is 17.0. The molecular weight excluding hydrogens is 254 g/mol. The van der Waals surface area contributed by atoms with Gasteiger partial charge in [-0.05, 0) is 18.4 Å². The lowest BCUT2D eigenvalue weighted by atomic mass is 10.1. The number of aliphatic hydroxyl groups excluding tert-OH is 1. The minimum Gasteiger partial charge on any atom is -0.392 e. The molecule has 3 N–H and O–H groups in total. The van der Waals surface area contributed by atoms with Gasteiger partial charge in [-0.1, -0.05) is 18.2 Å². The highest BCUT2D eigenvalue weighted by Crippen LogP contribution is 2.50. The molecule has 1 aliphatic rings. The van der Waals surface area contributed by atoms with Crippen molar-refractivity contribution in [2.75, 3.05) is 12.3 Å².